The van der Waals surface area contributed by atoms with Gasteiger partial charge in [-0.15, -0.1) is 0 Å². The first-order valence-electron chi connectivity index (χ1n) is 7.09. The van der Waals surface area contributed by atoms with Crippen LogP contribution in [0.5, 0.6) is 0 Å². The fourth-order valence-electron chi connectivity index (χ4n) is 2.79. The third-order valence-corrected chi connectivity index (χ3v) is 3.98. The zero-order valence-electron chi connectivity index (χ0n) is 12.8. The zero-order chi connectivity index (χ0) is 13.9. The van der Waals surface area contributed by atoms with E-state index < -0.39 is 0 Å². The number of rotatable bonds is 0. The zero-order valence-corrected chi connectivity index (χ0v) is 12.8. The van der Waals surface area contributed by atoms with E-state index in [-0.39, 0.29) is 0 Å². The highest BCUT2D eigenvalue weighted by Gasteiger charge is 2.16. The molecule has 0 unspecified atom stereocenters. The lowest BCUT2D eigenvalue weighted by molar-refractivity contribution is 0.846. The van der Waals surface area contributed by atoms with Crippen molar-refractivity contribution in [1.82, 2.24) is 0 Å². The molecule has 1 heteroatoms. The maximum atomic E-state index is 6.18. The van der Waals surface area contributed by atoms with Crippen molar-refractivity contribution >= 4 is 18.9 Å². The molecule has 0 aromatic heterocycles. The van der Waals surface area contributed by atoms with Crippen LogP contribution in [0.4, 0.5) is 0 Å². The Labute approximate surface area is 114 Å². The van der Waals surface area contributed by atoms with Crippen molar-refractivity contribution < 1.29 is 0 Å². The van der Waals surface area contributed by atoms with E-state index in [9.17, 15) is 0 Å². The molecule has 0 saturated heterocycles. The maximum Gasteiger partial charge on any atom is 0.114 e. The van der Waals surface area contributed by atoms with Crippen LogP contribution >= 0.6 is 0 Å². The lowest BCUT2D eigenvalue weighted by Gasteiger charge is -2.20. The number of benzene rings is 1. The summed E-state index contributed by atoms with van der Waals surface area (Å²) in [5.41, 5.74) is 9.28. The fraction of sp³-hybridized carbons (Fsp3) is 0.529. The van der Waals surface area contributed by atoms with Crippen LogP contribution in [0.25, 0.3) is 5.57 Å². The summed E-state index contributed by atoms with van der Waals surface area (Å²) in [6.07, 6.45) is 5.97. The minimum atomic E-state index is 0.992. The highest BCUT2D eigenvalue weighted by molar-refractivity contribution is 6.34. The molecule has 18 heavy (non-hydrogen) atoms. The second-order valence-electron chi connectivity index (χ2n) is 4.92. The van der Waals surface area contributed by atoms with Crippen molar-refractivity contribution in [1.29, 1.82) is 0 Å². The average molecular weight is 240 g/mol. The quantitative estimate of drug-likeness (QED) is 0.597. The summed E-state index contributed by atoms with van der Waals surface area (Å²) in [7, 11) is 6.18. The van der Waals surface area contributed by atoms with Gasteiger partial charge in [-0.1, -0.05) is 36.5 Å². The van der Waals surface area contributed by atoms with Crippen LogP contribution in [0.2, 0.25) is 0 Å². The van der Waals surface area contributed by atoms with E-state index in [0.717, 1.165) is 5.46 Å². The van der Waals surface area contributed by atoms with Crippen molar-refractivity contribution in [2.45, 2.75) is 60.8 Å². The van der Waals surface area contributed by atoms with Crippen LogP contribution in [0, 0.1) is 20.8 Å². The van der Waals surface area contributed by atoms with E-state index in [1.54, 1.807) is 0 Å². The molecule has 0 N–H and O–H groups in total. The van der Waals surface area contributed by atoms with Gasteiger partial charge in [0.15, 0.2) is 0 Å². The molecule has 0 saturated carbocycles. The van der Waals surface area contributed by atoms with Crippen molar-refractivity contribution in [3.05, 3.63) is 33.9 Å². The summed E-state index contributed by atoms with van der Waals surface area (Å²) in [5, 5.41) is 0. The predicted octanol–water partition coefficient (Wildman–Crippen LogP) is 4.17. The van der Waals surface area contributed by atoms with E-state index >= 15 is 0 Å². The Morgan fingerprint density at radius 1 is 0.944 bits per heavy atom. The van der Waals surface area contributed by atoms with E-state index in [4.69, 9.17) is 7.85 Å². The van der Waals surface area contributed by atoms with Gasteiger partial charge in [-0.25, -0.2) is 0 Å². The molecule has 0 fully saturated rings. The topological polar surface area (TPSA) is 0 Å². The molecule has 1 aliphatic carbocycles. The number of allylic oxidation sites excluding steroid dienone is 2. The molecule has 0 bridgehead atoms. The minimum absolute atomic E-state index is 0.992. The van der Waals surface area contributed by atoms with E-state index in [1.165, 1.54) is 52.7 Å². The molecule has 0 spiro atoms. The summed E-state index contributed by atoms with van der Waals surface area (Å²) in [6, 6.07) is 0. The monoisotopic (exact) mass is 240 g/mol. The van der Waals surface area contributed by atoms with Gasteiger partial charge in [-0.05, 0) is 69.2 Å². The molecule has 0 atom stereocenters. The minimum Gasteiger partial charge on any atom is -0.0904 e. The first-order valence-corrected chi connectivity index (χ1v) is 7.09. The molecule has 0 heterocycles. The maximum absolute atomic E-state index is 6.18. The van der Waals surface area contributed by atoms with Gasteiger partial charge < -0.3 is 0 Å². The molecule has 1 aliphatic rings. The third-order valence-electron chi connectivity index (χ3n) is 3.98. The van der Waals surface area contributed by atoms with Crippen LogP contribution in [0.3, 0.4) is 0 Å². The van der Waals surface area contributed by atoms with Gasteiger partial charge in [0.2, 0.25) is 0 Å². The Bertz CT molecular complexity index is 467. The Morgan fingerprint density at radius 3 is 2.17 bits per heavy atom. The second kappa shape index (κ2) is 6.27. The smallest absolute Gasteiger partial charge is 0.0904 e. The van der Waals surface area contributed by atoms with Crippen LogP contribution in [0.1, 0.15) is 61.4 Å². The molecule has 0 nitrogen and oxygen atoms in total. The van der Waals surface area contributed by atoms with Gasteiger partial charge in [0.25, 0.3) is 0 Å². The SMILES string of the molecule is CC.[B]c1c(C)c(C)c2c(c1C)CCCC=C2C. The number of hydrogen-bond donors (Lipinski definition) is 0. The predicted molar refractivity (Wildman–Crippen MR) is 84.0 cm³/mol. The normalized spacial score (nSPS) is 14.0. The summed E-state index contributed by atoms with van der Waals surface area (Å²) < 4.78 is 0. The Hall–Kier alpha value is -0.975. The van der Waals surface area contributed by atoms with Gasteiger partial charge in [0.1, 0.15) is 7.85 Å². The van der Waals surface area contributed by atoms with Crippen LogP contribution in [-0.4, -0.2) is 7.85 Å². The van der Waals surface area contributed by atoms with Crippen molar-refractivity contribution in [2.24, 2.45) is 0 Å². The Balaban J connectivity index is 0.000000771. The van der Waals surface area contributed by atoms with E-state index in [1.807, 2.05) is 13.8 Å². The van der Waals surface area contributed by atoms with E-state index in [0.29, 0.717) is 0 Å². The van der Waals surface area contributed by atoms with Crippen LogP contribution in [-0.2, 0) is 6.42 Å². The Morgan fingerprint density at radius 2 is 1.56 bits per heavy atom. The summed E-state index contributed by atoms with van der Waals surface area (Å²) in [4.78, 5) is 0. The van der Waals surface area contributed by atoms with Crippen LogP contribution < -0.4 is 5.46 Å². The standard InChI is InChI=1S/C15H19B.C2H6/c1-9-7-5-6-8-13-12(4)15(16)11(3)10(2)14(9)13;1-2/h7H,5-6,8H2,1-4H3;1-2H3. The molecule has 1 aromatic carbocycles. The second-order valence-corrected chi connectivity index (χ2v) is 4.92. The summed E-state index contributed by atoms with van der Waals surface area (Å²) in [5.74, 6) is 0. The number of hydrogen-bond acceptors (Lipinski definition) is 0. The first kappa shape index (κ1) is 15.1. The van der Waals surface area contributed by atoms with Crippen molar-refractivity contribution in [3.63, 3.8) is 0 Å². The molecule has 0 aliphatic heterocycles. The van der Waals surface area contributed by atoms with Crippen molar-refractivity contribution in [3.8, 4) is 0 Å². The molecular weight excluding hydrogens is 215 g/mol. The third kappa shape index (κ3) is 2.55. The van der Waals surface area contributed by atoms with Gasteiger partial charge in [-0.3, -0.25) is 0 Å². The van der Waals surface area contributed by atoms with Crippen molar-refractivity contribution in [2.75, 3.05) is 0 Å². The van der Waals surface area contributed by atoms with Gasteiger partial charge in [0, 0.05) is 0 Å². The Kier molecular flexibility index (Phi) is 5.25. The largest absolute Gasteiger partial charge is 0.114 e. The van der Waals surface area contributed by atoms with Gasteiger partial charge in [0.05, 0.1) is 0 Å². The van der Waals surface area contributed by atoms with Gasteiger partial charge in [-0.2, -0.15) is 0 Å². The van der Waals surface area contributed by atoms with Gasteiger partial charge >= 0.3 is 0 Å². The highest BCUT2D eigenvalue weighted by Crippen LogP contribution is 2.31. The number of fused-ring (bicyclic) bond motifs is 1. The highest BCUT2D eigenvalue weighted by atomic mass is 14.2. The molecule has 96 valence electrons. The van der Waals surface area contributed by atoms with Crippen LogP contribution in [0.15, 0.2) is 6.08 Å². The summed E-state index contributed by atoms with van der Waals surface area (Å²) >= 11 is 0. The van der Waals surface area contributed by atoms with E-state index in [2.05, 4.69) is 33.8 Å². The molecule has 1 aromatic rings. The molecular formula is C17H25B. The first-order chi connectivity index (χ1) is 8.54. The average Bonchev–Trinajstić information content (AvgIpc) is 2.58. The molecule has 2 rings (SSSR count). The lowest BCUT2D eigenvalue weighted by atomic mass is 9.78. The molecule has 0 amide bonds. The molecule has 2 radical (unpaired) electrons. The lowest BCUT2D eigenvalue weighted by Crippen LogP contribution is -2.18. The fourth-order valence-corrected chi connectivity index (χ4v) is 2.79. The summed E-state index contributed by atoms with van der Waals surface area (Å²) in [6.45, 7) is 12.7.